The van der Waals surface area contributed by atoms with Gasteiger partial charge >= 0.3 is 0 Å². The van der Waals surface area contributed by atoms with Crippen molar-refractivity contribution in [3.05, 3.63) is 41.9 Å². The van der Waals surface area contributed by atoms with E-state index in [4.69, 9.17) is 0 Å². The third-order valence-electron chi connectivity index (χ3n) is 5.07. The zero-order valence-electron chi connectivity index (χ0n) is 17.3. The van der Waals surface area contributed by atoms with Crippen LogP contribution in [0.3, 0.4) is 0 Å². The average molecular weight is 394 g/mol. The van der Waals surface area contributed by atoms with Crippen LogP contribution in [-0.2, 0) is 0 Å². The average Bonchev–Trinajstić information content (AvgIpc) is 3.27. The number of carbonyl (C=O) groups is 1. The standard InChI is InChI=1S/C20H26N8O/c1-13-9-28-12-17(24-14(2)19(28)23-13)25-20(29)16-7-22-18(8-21-16)27-6-5-15(11-27)10-26(3)4/h7-9,12,15H,5-6,10-11H2,1-4H3,(H,25,29). The summed E-state index contributed by atoms with van der Waals surface area (Å²) in [5, 5.41) is 2.80. The molecule has 0 bridgehead atoms. The van der Waals surface area contributed by atoms with E-state index in [1.807, 2.05) is 24.4 Å². The van der Waals surface area contributed by atoms with Crippen LogP contribution >= 0.6 is 0 Å². The minimum atomic E-state index is -0.334. The molecule has 1 N–H and O–H groups in total. The Hall–Kier alpha value is -3.07. The quantitative estimate of drug-likeness (QED) is 0.705. The maximum atomic E-state index is 12.6. The molecule has 0 saturated carbocycles. The molecular weight excluding hydrogens is 368 g/mol. The zero-order valence-corrected chi connectivity index (χ0v) is 17.3. The van der Waals surface area contributed by atoms with Gasteiger partial charge < -0.3 is 19.5 Å². The number of hydrogen-bond donors (Lipinski definition) is 1. The van der Waals surface area contributed by atoms with Gasteiger partial charge in [0.2, 0.25) is 0 Å². The predicted octanol–water partition coefficient (Wildman–Crippen LogP) is 1.78. The highest BCUT2D eigenvalue weighted by Gasteiger charge is 2.24. The Bertz CT molecular complexity index is 1030. The molecule has 1 fully saturated rings. The van der Waals surface area contributed by atoms with E-state index in [-0.39, 0.29) is 11.6 Å². The van der Waals surface area contributed by atoms with Gasteiger partial charge in [0.05, 0.1) is 30.0 Å². The maximum absolute atomic E-state index is 12.6. The summed E-state index contributed by atoms with van der Waals surface area (Å²) in [6.07, 6.45) is 7.99. The van der Waals surface area contributed by atoms with Crippen LogP contribution in [0.1, 0.15) is 28.3 Å². The molecule has 1 saturated heterocycles. The molecule has 1 aliphatic heterocycles. The normalized spacial score (nSPS) is 16.7. The Morgan fingerprint density at radius 1 is 1.21 bits per heavy atom. The number of nitrogens with one attached hydrogen (secondary N) is 1. The van der Waals surface area contributed by atoms with E-state index in [0.29, 0.717) is 11.7 Å². The molecular formula is C20H26N8O. The summed E-state index contributed by atoms with van der Waals surface area (Å²) < 4.78 is 1.86. The van der Waals surface area contributed by atoms with Crippen LogP contribution in [0.5, 0.6) is 0 Å². The summed E-state index contributed by atoms with van der Waals surface area (Å²) in [7, 11) is 4.19. The molecule has 1 aliphatic rings. The van der Waals surface area contributed by atoms with Crippen molar-refractivity contribution in [1.29, 1.82) is 0 Å². The number of fused-ring (bicyclic) bond motifs is 1. The highest BCUT2D eigenvalue weighted by atomic mass is 16.1. The molecule has 1 unspecified atom stereocenters. The Balaban J connectivity index is 1.43. The number of amides is 1. The van der Waals surface area contributed by atoms with Crippen LogP contribution < -0.4 is 10.2 Å². The summed E-state index contributed by atoms with van der Waals surface area (Å²) in [5.41, 5.74) is 2.69. The predicted molar refractivity (Wildman–Crippen MR) is 111 cm³/mol. The minimum Gasteiger partial charge on any atom is -0.355 e. The number of aryl methyl sites for hydroxylation is 2. The molecule has 1 amide bonds. The van der Waals surface area contributed by atoms with Crippen molar-refractivity contribution in [2.75, 3.05) is 43.9 Å². The van der Waals surface area contributed by atoms with Crippen molar-refractivity contribution in [1.82, 2.24) is 29.2 Å². The molecule has 1 atom stereocenters. The Morgan fingerprint density at radius 2 is 2.03 bits per heavy atom. The minimum absolute atomic E-state index is 0.263. The van der Waals surface area contributed by atoms with Crippen molar-refractivity contribution in [3.63, 3.8) is 0 Å². The van der Waals surface area contributed by atoms with E-state index in [9.17, 15) is 4.79 Å². The molecule has 4 rings (SSSR count). The fraction of sp³-hybridized carbons (Fsp3) is 0.450. The number of carbonyl (C=O) groups excluding carboxylic acids is 1. The summed E-state index contributed by atoms with van der Waals surface area (Å²) in [4.78, 5) is 34.6. The smallest absolute Gasteiger partial charge is 0.277 e. The van der Waals surface area contributed by atoms with Gasteiger partial charge in [0, 0.05) is 25.8 Å². The number of hydrogen-bond acceptors (Lipinski definition) is 7. The first-order valence-electron chi connectivity index (χ1n) is 9.75. The highest BCUT2D eigenvalue weighted by molar-refractivity contribution is 6.02. The molecule has 3 aromatic heterocycles. The van der Waals surface area contributed by atoms with Gasteiger partial charge in [0.25, 0.3) is 5.91 Å². The second kappa shape index (κ2) is 7.75. The SMILES string of the molecule is Cc1cn2cc(NC(=O)c3cnc(N4CCC(CN(C)C)C4)cn3)nc(C)c2n1. The lowest BCUT2D eigenvalue weighted by molar-refractivity contribution is 0.102. The fourth-order valence-electron chi connectivity index (χ4n) is 3.82. The van der Waals surface area contributed by atoms with Crippen molar-refractivity contribution in [2.45, 2.75) is 20.3 Å². The van der Waals surface area contributed by atoms with Gasteiger partial charge in [-0.3, -0.25) is 4.79 Å². The molecule has 0 radical (unpaired) electrons. The summed E-state index contributed by atoms with van der Waals surface area (Å²) in [6, 6.07) is 0. The molecule has 0 aliphatic carbocycles. The van der Waals surface area contributed by atoms with E-state index in [0.717, 1.165) is 48.9 Å². The number of nitrogens with zero attached hydrogens (tertiary/aromatic N) is 7. The Kier molecular flexibility index (Phi) is 5.14. The van der Waals surface area contributed by atoms with Crippen LogP contribution in [0.2, 0.25) is 0 Å². The summed E-state index contributed by atoms with van der Waals surface area (Å²) in [5.74, 6) is 1.56. The van der Waals surface area contributed by atoms with Gasteiger partial charge in [-0.1, -0.05) is 0 Å². The maximum Gasteiger partial charge on any atom is 0.277 e. The molecule has 0 aromatic carbocycles. The second-order valence-electron chi connectivity index (χ2n) is 7.90. The molecule has 0 spiro atoms. The summed E-state index contributed by atoms with van der Waals surface area (Å²) >= 11 is 0. The third kappa shape index (κ3) is 4.19. The number of anilines is 2. The lowest BCUT2D eigenvalue weighted by Gasteiger charge is -2.19. The van der Waals surface area contributed by atoms with Crippen LogP contribution in [0.15, 0.2) is 24.8 Å². The van der Waals surface area contributed by atoms with Gasteiger partial charge in [-0.15, -0.1) is 0 Å². The summed E-state index contributed by atoms with van der Waals surface area (Å²) in [6.45, 7) is 6.78. The van der Waals surface area contributed by atoms with Crippen molar-refractivity contribution < 1.29 is 4.79 Å². The Morgan fingerprint density at radius 3 is 2.76 bits per heavy atom. The van der Waals surface area contributed by atoms with Crippen molar-refractivity contribution >= 4 is 23.2 Å². The second-order valence-corrected chi connectivity index (χ2v) is 7.90. The highest BCUT2D eigenvalue weighted by Crippen LogP contribution is 2.22. The molecule has 152 valence electrons. The van der Waals surface area contributed by atoms with Crippen LogP contribution in [0.4, 0.5) is 11.6 Å². The largest absolute Gasteiger partial charge is 0.355 e. The lowest BCUT2D eigenvalue weighted by atomic mass is 10.1. The van der Waals surface area contributed by atoms with Crippen LogP contribution in [-0.4, -0.2) is 68.9 Å². The fourth-order valence-corrected chi connectivity index (χ4v) is 3.82. The van der Waals surface area contributed by atoms with Gasteiger partial charge in [-0.2, -0.15) is 0 Å². The van der Waals surface area contributed by atoms with Crippen LogP contribution in [0.25, 0.3) is 5.65 Å². The first kappa shape index (κ1) is 19.3. The van der Waals surface area contributed by atoms with E-state index >= 15 is 0 Å². The van der Waals surface area contributed by atoms with E-state index < -0.39 is 0 Å². The third-order valence-corrected chi connectivity index (χ3v) is 5.07. The molecule has 3 aromatic rings. The van der Waals surface area contributed by atoms with E-state index in [1.54, 1.807) is 12.4 Å². The van der Waals surface area contributed by atoms with Crippen molar-refractivity contribution in [3.8, 4) is 0 Å². The number of imidazole rings is 1. The first-order valence-corrected chi connectivity index (χ1v) is 9.75. The van der Waals surface area contributed by atoms with Crippen LogP contribution in [0, 0.1) is 19.8 Å². The number of rotatable bonds is 5. The molecule has 9 nitrogen and oxygen atoms in total. The molecule has 29 heavy (non-hydrogen) atoms. The topological polar surface area (TPSA) is 91.6 Å². The zero-order chi connectivity index (χ0) is 20.5. The van der Waals surface area contributed by atoms with E-state index in [1.165, 1.54) is 6.20 Å². The van der Waals surface area contributed by atoms with Gasteiger partial charge in [-0.05, 0) is 40.3 Å². The van der Waals surface area contributed by atoms with Gasteiger partial charge in [-0.25, -0.2) is 19.9 Å². The van der Waals surface area contributed by atoms with Gasteiger partial charge in [0.15, 0.2) is 5.65 Å². The first-order chi connectivity index (χ1) is 13.9. The number of aromatic nitrogens is 5. The van der Waals surface area contributed by atoms with E-state index in [2.05, 4.69) is 49.1 Å². The monoisotopic (exact) mass is 394 g/mol. The lowest BCUT2D eigenvalue weighted by Crippen LogP contribution is -2.26. The Labute approximate surface area is 169 Å². The van der Waals surface area contributed by atoms with Gasteiger partial charge in [0.1, 0.15) is 17.3 Å². The van der Waals surface area contributed by atoms with Crippen molar-refractivity contribution in [2.24, 2.45) is 5.92 Å². The molecule has 4 heterocycles. The molecule has 9 heteroatoms.